The Kier molecular flexibility index (Phi) is 4.94. The first-order valence-corrected chi connectivity index (χ1v) is 9.68. The lowest BCUT2D eigenvalue weighted by atomic mass is 10.1. The number of rotatable bonds is 5. The highest BCUT2D eigenvalue weighted by Crippen LogP contribution is 2.23. The number of anilines is 2. The predicted molar refractivity (Wildman–Crippen MR) is 98.4 cm³/mol. The molecule has 0 radical (unpaired) electrons. The van der Waals surface area contributed by atoms with E-state index in [0.29, 0.717) is 29.9 Å². The van der Waals surface area contributed by atoms with E-state index in [-0.39, 0.29) is 10.8 Å². The highest BCUT2D eigenvalue weighted by molar-refractivity contribution is 7.92. The van der Waals surface area contributed by atoms with Gasteiger partial charge in [-0.15, -0.1) is 0 Å². The van der Waals surface area contributed by atoms with Gasteiger partial charge in [-0.3, -0.25) is 14.3 Å². The van der Waals surface area contributed by atoms with Gasteiger partial charge in [0.1, 0.15) is 0 Å². The summed E-state index contributed by atoms with van der Waals surface area (Å²) in [6.07, 6.45) is 2.35. The van der Waals surface area contributed by atoms with Crippen LogP contribution in [0, 0.1) is 0 Å². The molecule has 3 rings (SSSR count). The highest BCUT2D eigenvalue weighted by atomic mass is 32.2. The highest BCUT2D eigenvalue weighted by Gasteiger charge is 2.21. The Hall–Kier alpha value is -2.87. The zero-order valence-corrected chi connectivity index (χ0v) is 14.8. The minimum atomic E-state index is -3.78. The Labute approximate surface area is 151 Å². The van der Waals surface area contributed by atoms with E-state index in [2.05, 4.69) is 4.72 Å². The van der Waals surface area contributed by atoms with Crippen molar-refractivity contribution in [2.45, 2.75) is 24.2 Å². The molecule has 1 aliphatic heterocycles. The van der Waals surface area contributed by atoms with Crippen LogP contribution >= 0.6 is 0 Å². The average Bonchev–Trinajstić information content (AvgIpc) is 2.62. The lowest BCUT2D eigenvalue weighted by Crippen LogP contribution is -2.35. The van der Waals surface area contributed by atoms with Crippen LogP contribution in [0.2, 0.25) is 0 Å². The van der Waals surface area contributed by atoms with Crippen LogP contribution in [0.4, 0.5) is 11.4 Å². The standard InChI is InChI=1S/C18H19N3O4S/c19-18(23)13-4-6-14(7-5-13)20-26(24,25)16-10-8-15(9-11-16)21-12-2-1-3-17(21)22/h4-11,20H,1-3,12H2,(H2,19,23). The molecule has 2 amide bonds. The summed E-state index contributed by atoms with van der Waals surface area (Å²) in [4.78, 5) is 24.8. The molecule has 2 aromatic carbocycles. The van der Waals surface area contributed by atoms with Crippen molar-refractivity contribution in [1.29, 1.82) is 0 Å². The Morgan fingerprint density at radius 1 is 1.00 bits per heavy atom. The van der Waals surface area contributed by atoms with Crippen LogP contribution in [-0.4, -0.2) is 26.8 Å². The quantitative estimate of drug-likeness (QED) is 0.836. The maximum Gasteiger partial charge on any atom is 0.261 e. The largest absolute Gasteiger partial charge is 0.366 e. The third-order valence-electron chi connectivity index (χ3n) is 4.20. The summed E-state index contributed by atoms with van der Waals surface area (Å²) < 4.78 is 27.4. The molecule has 1 fully saturated rings. The number of carbonyl (C=O) groups is 2. The molecule has 7 nitrogen and oxygen atoms in total. The van der Waals surface area contributed by atoms with E-state index >= 15 is 0 Å². The Morgan fingerprint density at radius 3 is 2.23 bits per heavy atom. The van der Waals surface area contributed by atoms with Gasteiger partial charge in [-0.25, -0.2) is 8.42 Å². The molecule has 0 spiro atoms. The molecule has 0 atom stereocenters. The van der Waals surface area contributed by atoms with Crippen molar-refractivity contribution in [3.63, 3.8) is 0 Å². The van der Waals surface area contributed by atoms with E-state index in [9.17, 15) is 18.0 Å². The molecule has 0 bridgehead atoms. The first-order chi connectivity index (χ1) is 12.4. The Morgan fingerprint density at radius 2 is 1.65 bits per heavy atom. The average molecular weight is 373 g/mol. The first kappa shape index (κ1) is 17.9. The van der Waals surface area contributed by atoms with E-state index in [1.54, 1.807) is 17.0 Å². The minimum Gasteiger partial charge on any atom is -0.366 e. The van der Waals surface area contributed by atoms with Crippen molar-refractivity contribution in [2.24, 2.45) is 5.73 Å². The van der Waals surface area contributed by atoms with E-state index in [1.807, 2.05) is 0 Å². The molecular formula is C18H19N3O4S. The summed E-state index contributed by atoms with van der Waals surface area (Å²) >= 11 is 0. The third-order valence-corrected chi connectivity index (χ3v) is 5.60. The van der Waals surface area contributed by atoms with Crippen LogP contribution < -0.4 is 15.4 Å². The molecule has 1 aliphatic rings. The van der Waals surface area contributed by atoms with Crippen molar-refractivity contribution >= 4 is 33.2 Å². The number of nitrogens with one attached hydrogen (secondary N) is 1. The van der Waals surface area contributed by atoms with E-state index < -0.39 is 15.9 Å². The second kappa shape index (κ2) is 7.17. The van der Waals surface area contributed by atoms with Gasteiger partial charge in [-0.05, 0) is 61.4 Å². The van der Waals surface area contributed by atoms with E-state index in [1.165, 1.54) is 36.4 Å². The van der Waals surface area contributed by atoms with Crippen LogP contribution in [0.25, 0.3) is 0 Å². The fourth-order valence-corrected chi connectivity index (χ4v) is 3.86. The fraction of sp³-hybridized carbons (Fsp3) is 0.222. The topological polar surface area (TPSA) is 110 Å². The van der Waals surface area contributed by atoms with Gasteiger partial charge in [0.2, 0.25) is 11.8 Å². The number of nitrogens with zero attached hydrogens (tertiary/aromatic N) is 1. The molecule has 136 valence electrons. The molecule has 1 saturated heterocycles. The van der Waals surface area contributed by atoms with Crippen LogP contribution in [0.1, 0.15) is 29.6 Å². The molecule has 0 unspecified atom stereocenters. The summed E-state index contributed by atoms with van der Waals surface area (Å²) in [5.41, 5.74) is 6.48. The lowest BCUT2D eigenvalue weighted by molar-refractivity contribution is -0.119. The van der Waals surface area contributed by atoms with Crippen molar-refractivity contribution in [1.82, 2.24) is 0 Å². The number of hydrogen-bond acceptors (Lipinski definition) is 4. The molecule has 1 heterocycles. The number of hydrogen-bond donors (Lipinski definition) is 2. The third kappa shape index (κ3) is 3.85. The monoisotopic (exact) mass is 373 g/mol. The number of sulfonamides is 1. The summed E-state index contributed by atoms with van der Waals surface area (Å²) in [6, 6.07) is 12.0. The SMILES string of the molecule is NC(=O)c1ccc(NS(=O)(=O)c2ccc(N3CCCCC3=O)cc2)cc1. The van der Waals surface area contributed by atoms with Gasteiger partial charge >= 0.3 is 0 Å². The zero-order chi connectivity index (χ0) is 18.7. The molecule has 26 heavy (non-hydrogen) atoms. The molecular weight excluding hydrogens is 354 g/mol. The molecule has 8 heteroatoms. The molecule has 3 N–H and O–H groups in total. The first-order valence-electron chi connectivity index (χ1n) is 8.20. The van der Waals surface area contributed by atoms with Crippen molar-refractivity contribution in [3.05, 3.63) is 54.1 Å². The van der Waals surface area contributed by atoms with Crippen molar-refractivity contribution in [3.8, 4) is 0 Å². The molecule has 0 aliphatic carbocycles. The van der Waals surface area contributed by atoms with Gasteiger partial charge in [-0.1, -0.05) is 0 Å². The van der Waals surface area contributed by atoms with Gasteiger partial charge in [-0.2, -0.15) is 0 Å². The lowest BCUT2D eigenvalue weighted by Gasteiger charge is -2.26. The van der Waals surface area contributed by atoms with Gasteiger partial charge in [0, 0.05) is 29.9 Å². The summed E-state index contributed by atoms with van der Waals surface area (Å²) in [7, 11) is -3.78. The van der Waals surface area contributed by atoms with Crippen LogP contribution in [0.3, 0.4) is 0 Å². The molecule has 0 saturated carbocycles. The Balaban J connectivity index is 1.76. The zero-order valence-electron chi connectivity index (χ0n) is 14.0. The van der Waals surface area contributed by atoms with E-state index in [4.69, 9.17) is 5.73 Å². The second-order valence-corrected chi connectivity index (χ2v) is 7.73. The summed E-state index contributed by atoms with van der Waals surface area (Å²) in [5.74, 6) is -0.526. The van der Waals surface area contributed by atoms with Gasteiger partial charge in [0.25, 0.3) is 10.0 Å². The van der Waals surface area contributed by atoms with Crippen LogP contribution in [-0.2, 0) is 14.8 Å². The Bertz CT molecular complexity index is 922. The number of amides is 2. The molecule has 2 aromatic rings. The van der Waals surface area contributed by atoms with E-state index in [0.717, 1.165) is 12.8 Å². The van der Waals surface area contributed by atoms with Crippen molar-refractivity contribution in [2.75, 3.05) is 16.2 Å². The molecule has 0 aromatic heterocycles. The van der Waals surface area contributed by atoms with Gasteiger partial charge < -0.3 is 10.6 Å². The number of carbonyl (C=O) groups excluding carboxylic acids is 2. The number of benzene rings is 2. The van der Waals surface area contributed by atoms with Crippen LogP contribution in [0.15, 0.2) is 53.4 Å². The van der Waals surface area contributed by atoms with Crippen molar-refractivity contribution < 1.29 is 18.0 Å². The second-order valence-electron chi connectivity index (χ2n) is 6.04. The number of primary amides is 1. The minimum absolute atomic E-state index is 0.0551. The number of piperidine rings is 1. The van der Waals surface area contributed by atoms with Gasteiger partial charge in [0.15, 0.2) is 0 Å². The maximum atomic E-state index is 12.5. The van der Waals surface area contributed by atoms with Crippen LogP contribution in [0.5, 0.6) is 0 Å². The fourth-order valence-electron chi connectivity index (χ4n) is 2.80. The van der Waals surface area contributed by atoms with Gasteiger partial charge in [0.05, 0.1) is 4.90 Å². The maximum absolute atomic E-state index is 12.5. The summed E-state index contributed by atoms with van der Waals surface area (Å²) in [5, 5.41) is 0. The summed E-state index contributed by atoms with van der Waals surface area (Å²) in [6.45, 7) is 0.648. The number of nitrogens with two attached hydrogens (primary N) is 1. The predicted octanol–water partition coefficient (Wildman–Crippen LogP) is 2.10. The smallest absolute Gasteiger partial charge is 0.261 e. The normalized spacial score (nSPS) is 14.9.